The zero-order valence-corrected chi connectivity index (χ0v) is 12.7. The number of morpholine rings is 1. The number of rotatable bonds is 7. The number of aliphatic hydroxyl groups excluding tert-OH is 1. The van der Waals surface area contributed by atoms with Crippen LogP contribution in [0.1, 0.15) is 46.5 Å². The molecule has 1 aliphatic heterocycles. The minimum atomic E-state index is -0.0949. The normalized spacial score (nSPS) is 32.2. The smallest absolute Gasteiger partial charge is 0.0674 e. The maximum atomic E-state index is 9.60. The largest absolute Gasteiger partial charge is 0.394 e. The molecule has 0 amide bonds. The second kappa shape index (κ2) is 6.53. The highest BCUT2D eigenvalue weighted by atomic mass is 16.5. The van der Waals surface area contributed by atoms with Gasteiger partial charge in [0.05, 0.1) is 19.3 Å². The first kappa shape index (κ1) is 15.2. The number of ether oxygens (including phenoxy) is 1. The molecule has 3 atom stereocenters. The summed E-state index contributed by atoms with van der Waals surface area (Å²) in [7, 11) is 0. The third kappa shape index (κ3) is 4.71. The van der Waals surface area contributed by atoms with Gasteiger partial charge in [-0.1, -0.05) is 0 Å². The molecule has 4 heteroatoms. The summed E-state index contributed by atoms with van der Waals surface area (Å²) in [6, 6.07) is 1.17. The molecule has 0 spiro atoms. The van der Waals surface area contributed by atoms with Gasteiger partial charge in [0.1, 0.15) is 0 Å². The summed E-state index contributed by atoms with van der Waals surface area (Å²) >= 11 is 0. The standard InChI is InChI=1S/C15H30N2O2/c1-12-10-19-13(2)9-17(12)8-4-7-15(3,11-18)16-14-5-6-14/h12-14,16,18H,4-11H2,1-3H3. The lowest BCUT2D eigenvalue weighted by Crippen LogP contribution is -2.49. The van der Waals surface area contributed by atoms with Crippen LogP contribution in [-0.2, 0) is 4.74 Å². The molecule has 2 aliphatic rings. The lowest BCUT2D eigenvalue weighted by molar-refractivity contribution is -0.0502. The van der Waals surface area contributed by atoms with E-state index in [2.05, 4.69) is 31.0 Å². The summed E-state index contributed by atoms with van der Waals surface area (Å²) in [6.45, 7) is 9.75. The summed E-state index contributed by atoms with van der Waals surface area (Å²) in [5, 5.41) is 13.2. The first-order valence-corrected chi connectivity index (χ1v) is 7.76. The van der Waals surface area contributed by atoms with Crippen molar-refractivity contribution in [1.29, 1.82) is 0 Å². The van der Waals surface area contributed by atoms with E-state index in [1.54, 1.807) is 0 Å². The van der Waals surface area contributed by atoms with Gasteiger partial charge in [0.25, 0.3) is 0 Å². The fourth-order valence-corrected chi connectivity index (χ4v) is 2.87. The maximum absolute atomic E-state index is 9.60. The SMILES string of the molecule is CC1CN(CCCC(C)(CO)NC2CC2)C(C)CO1. The lowest BCUT2D eigenvalue weighted by atomic mass is 9.96. The Balaban J connectivity index is 1.71. The van der Waals surface area contributed by atoms with Crippen LogP contribution in [-0.4, -0.2) is 60.0 Å². The van der Waals surface area contributed by atoms with E-state index in [0.29, 0.717) is 18.2 Å². The molecular weight excluding hydrogens is 240 g/mol. The highest BCUT2D eigenvalue weighted by Crippen LogP contribution is 2.25. The highest BCUT2D eigenvalue weighted by Gasteiger charge is 2.32. The van der Waals surface area contributed by atoms with Gasteiger partial charge < -0.3 is 15.2 Å². The van der Waals surface area contributed by atoms with Crippen LogP contribution < -0.4 is 5.32 Å². The average molecular weight is 270 g/mol. The number of nitrogens with zero attached hydrogens (tertiary/aromatic N) is 1. The van der Waals surface area contributed by atoms with Crippen molar-refractivity contribution in [2.75, 3.05) is 26.3 Å². The van der Waals surface area contributed by atoms with Crippen LogP contribution in [0.3, 0.4) is 0 Å². The Morgan fingerprint density at radius 2 is 2.11 bits per heavy atom. The quantitative estimate of drug-likeness (QED) is 0.733. The van der Waals surface area contributed by atoms with E-state index in [1.165, 1.54) is 12.8 Å². The molecule has 1 saturated carbocycles. The summed E-state index contributed by atoms with van der Waals surface area (Å²) in [6.07, 6.45) is 5.07. The molecule has 0 aromatic carbocycles. The van der Waals surface area contributed by atoms with Crippen LogP contribution >= 0.6 is 0 Å². The predicted molar refractivity (Wildman–Crippen MR) is 77.3 cm³/mol. The molecule has 4 nitrogen and oxygen atoms in total. The van der Waals surface area contributed by atoms with Gasteiger partial charge >= 0.3 is 0 Å². The second-order valence-electron chi connectivity index (χ2n) is 6.73. The second-order valence-corrected chi connectivity index (χ2v) is 6.73. The third-order valence-corrected chi connectivity index (χ3v) is 4.39. The Hall–Kier alpha value is -0.160. The van der Waals surface area contributed by atoms with Gasteiger partial charge in [-0.25, -0.2) is 0 Å². The summed E-state index contributed by atoms with van der Waals surface area (Å²) in [4.78, 5) is 2.52. The van der Waals surface area contributed by atoms with Crippen LogP contribution in [0.5, 0.6) is 0 Å². The fraction of sp³-hybridized carbons (Fsp3) is 1.00. The Kier molecular flexibility index (Phi) is 5.23. The molecule has 1 heterocycles. The fourth-order valence-electron chi connectivity index (χ4n) is 2.87. The molecule has 0 aromatic rings. The van der Waals surface area contributed by atoms with E-state index in [0.717, 1.165) is 32.5 Å². The Labute approximate surface area is 117 Å². The number of hydrogen-bond donors (Lipinski definition) is 2. The summed E-state index contributed by atoms with van der Waals surface area (Å²) < 4.78 is 5.66. The van der Waals surface area contributed by atoms with E-state index < -0.39 is 0 Å². The van der Waals surface area contributed by atoms with Crippen LogP contribution in [0.4, 0.5) is 0 Å². The Bertz CT molecular complexity index is 283. The van der Waals surface area contributed by atoms with Crippen LogP contribution in [0.2, 0.25) is 0 Å². The number of nitrogens with one attached hydrogen (secondary N) is 1. The van der Waals surface area contributed by atoms with E-state index in [9.17, 15) is 5.11 Å². The van der Waals surface area contributed by atoms with Gasteiger partial charge in [-0.15, -0.1) is 0 Å². The van der Waals surface area contributed by atoms with Gasteiger partial charge in [-0.3, -0.25) is 4.90 Å². The highest BCUT2D eigenvalue weighted by molar-refractivity contribution is 4.92. The zero-order chi connectivity index (χ0) is 13.9. The van der Waals surface area contributed by atoms with Crippen molar-refractivity contribution in [3.8, 4) is 0 Å². The van der Waals surface area contributed by atoms with Crippen molar-refractivity contribution in [1.82, 2.24) is 10.2 Å². The van der Waals surface area contributed by atoms with E-state index in [-0.39, 0.29) is 12.1 Å². The number of aliphatic hydroxyl groups is 1. The maximum Gasteiger partial charge on any atom is 0.0674 e. The van der Waals surface area contributed by atoms with Crippen molar-refractivity contribution < 1.29 is 9.84 Å². The van der Waals surface area contributed by atoms with Gasteiger partial charge in [0.2, 0.25) is 0 Å². The molecule has 0 radical (unpaired) electrons. The van der Waals surface area contributed by atoms with Crippen molar-refractivity contribution in [2.24, 2.45) is 0 Å². The topological polar surface area (TPSA) is 44.7 Å². The van der Waals surface area contributed by atoms with E-state index in [4.69, 9.17) is 4.74 Å². The number of hydrogen-bond acceptors (Lipinski definition) is 4. The molecule has 3 unspecified atom stereocenters. The Morgan fingerprint density at radius 1 is 1.37 bits per heavy atom. The van der Waals surface area contributed by atoms with Crippen LogP contribution in [0.25, 0.3) is 0 Å². The molecule has 2 fully saturated rings. The molecule has 2 N–H and O–H groups in total. The monoisotopic (exact) mass is 270 g/mol. The van der Waals surface area contributed by atoms with Crippen molar-refractivity contribution in [3.05, 3.63) is 0 Å². The predicted octanol–water partition coefficient (Wildman–Crippen LogP) is 1.38. The minimum absolute atomic E-state index is 0.0949. The molecule has 1 aliphatic carbocycles. The molecular formula is C15H30N2O2. The third-order valence-electron chi connectivity index (χ3n) is 4.39. The zero-order valence-electron chi connectivity index (χ0n) is 12.7. The molecule has 112 valence electrons. The molecule has 19 heavy (non-hydrogen) atoms. The van der Waals surface area contributed by atoms with Gasteiger partial charge in [0.15, 0.2) is 0 Å². The first-order chi connectivity index (χ1) is 9.02. The average Bonchev–Trinajstić information content (AvgIpc) is 3.17. The van der Waals surface area contributed by atoms with E-state index in [1.807, 2.05) is 0 Å². The Morgan fingerprint density at radius 3 is 2.74 bits per heavy atom. The van der Waals surface area contributed by atoms with Crippen molar-refractivity contribution in [2.45, 2.75) is 70.2 Å². The molecule has 2 rings (SSSR count). The van der Waals surface area contributed by atoms with Gasteiger partial charge in [-0.2, -0.15) is 0 Å². The molecule has 0 bridgehead atoms. The minimum Gasteiger partial charge on any atom is -0.394 e. The van der Waals surface area contributed by atoms with Crippen molar-refractivity contribution in [3.63, 3.8) is 0 Å². The lowest BCUT2D eigenvalue weighted by Gasteiger charge is -2.37. The van der Waals surface area contributed by atoms with Gasteiger partial charge in [-0.05, 0) is 53.0 Å². The van der Waals surface area contributed by atoms with Crippen LogP contribution in [0.15, 0.2) is 0 Å². The van der Waals surface area contributed by atoms with Gasteiger partial charge in [0, 0.05) is 24.2 Å². The summed E-state index contributed by atoms with van der Waals surface area (Å²) in [5.74, 6) is 0. The van der Waals surface area contributed by atoms with Crippen molar-refractivity contribution >= 4 is 0 Å². The summed E-state index contributed by atoms with van der Waals surface area (Å²) in [5.41, 5.74) is -0.0949. The molecule has 0 aromatic heterocycles. The van der Waals surface area contributed by atoms with Crippen LogP contribution in [0, 0.1) is 0 Å². The van der Waals surface area contributed by atoms with E-state index >= 15 is 0 Å². The first-order valence-electron chi connectivity index (χ1n) is 7.76. The molecule has 1 saturated heterocycles.